The van der Waals surface area contributed by atoms with Crippen LogP contribution in [0.15, 0.2) is 51.4 Å². The number of aryl methyl sites for hydroxylation is 1. The average Bonchev–Trinajstić information content (AvgIpc) is 3.36. The Labute approximate surface area is 190 Å². The van der Waals surface area contributed by atoms with Crippen molar-refractivity contribution < 1.29 is 4.42 Å². The Balaban J connectivity index is 1.45. The first-order chi connectivity index (χ1) is 15.1. The van der Waals surface area contributed by atoms with E-state index in [1.165, 1.54) is 37.9 Å². The van der Waals surface area contributed by atoms with E-state index in [0.29, 0.717) is 12.3 Å². The van der Waals surface area contributed by atoms with Crippen LogP contribution in [-0.4, -0.2) is 44.3 Å². The van der Waals surface area contributed by atoms with E-state index in [4.69, 9.17) is 14.5 Å². The average molecular weight is 480 g/mol. The number of aromatic nitrogens is 4. The van der Waals surface area contributed by atoms with Crippen LogP contribution in [0.2, 0.25) is 0 Å². The molecular formula is C24H26BrN5O. The lowest BCUT2D eigenvalue weighted by molar-refractivity contribution is 0.218. The molecule has 0 atom stereocenters. The highest BCUT2D eigenvalue weighted by molar-refractivity contribution is 9.10. The van der Waals surface area contributed by atoms with E-state index in [9.17, 15) is 0 Å². The first-order valence-electron chi connectivity index (χ1n) is 10.9. The minimum atomic E-state index is 0.676. The maximum Gasteiger partial charge on any atom is 0.192 e. The molecule has 1 fully saturated rings. The van der Waals surface area contributed by atoms with Crippen molar-refractivity contribution in [2.24, 2.45) is 0 Å². The fourth-order valence-electron chi connectivity index (χ4n) is 4.22. The number of likely N-dealkylation sites (tertiary alicyclic amines) is 1. The Morgan fingerprint density at radius 2 is 1.77 bits per heavy atom. The third-order valence-corrected chi connectivity index (χ3v) is 6.35. The Hall–Kier alpha value is -2.51. The first-order valence-corrected chi connectivity index (χ1v) is 11.7. The second-order valence-electron chi connectivity index (χ2n) is 8.20. The van der Waals surface area contributed by atoms with Gasteiger partial charge >= 0.3 is 0 Å². The number of rotatable bonds is 6. The van der Waals surface area contributed by atoms with Gasteiger partial charge in [0.2, 0.25) is 0 Å². The van der Waals surface area contributed by atoms with Gasteiger partial charge in [-0.2, -0.15) is 5.10 Å². The predicted octanol–water partition coefficient (Wildman–Crippen LogP) is 5.23. The number of benzene rings is 2. The summed E-state index contributed by atoms with van der Waals surface area (Å²) >= 11 is 3.50. The van der Waals surface area contributed by atoms with Crippen LogP contribution in [0.5, 0.6) is 0 Å². The van der Waals surface area contributed by atoms with Crippen molar-refractivity contribution in [3.63, 3.8) is 0 Å². The highest BCUT2D eigenvalue weighted by Crippen LogP contribution is 2.25. The monoisotopic (exact) mass is 479 g/mol. The topological polar surface area (TPSA) is 60.0 Å². The molecule has 160 valence electrons. The van der Waals surface area contributed by atoms with Gasteiger partial charge in [-0.3, -0.25) is 0 Å². The van der Waals surface area contributed by atoms with Crippen molar-refractivity contribution >= 4 is 27.0 Å². The summed E-state index contributed by atoms with van der Waals surface area (Å²) in [5.41, 5.74) is 3.87. The molecule has 0 aliphatic carbocycles. The normalized spacial score (nSPS) is 15.0. The van der Waals surface area contributed by atoms with Crippen molar-refractivity contribution in [3.8, 4) is 11.4 Å². The number of nitrogens with zero attached hydrogens (tertiary/aromatic N) is 5. The summed E-state index contributed by atoms with van der Waals surface area (Å²) in [7, 11) is 0. The SMILES string of the molecule is Cc1nc2ccc(-c3nc(Cc4ccc(Br)cc4)nn3CCN3CCCCC3)cc2o1. The molecule has 2 aromatic carbocycles. The molecule has 5 rings (SSSR count). The number of oxazole rings is 1. The lowest BCUT2D eigenvalue weighted by atomic mass is 10.1. The van der Waals surface area contributed by atoms with Crippen molar-refractivity contribution in [2.45, 2.75) is 39.2 Å². The molecule has 0 amide bonds. The van der Waals surface area contributed by atoms with Gasteiger partial charge in [-0.1, -0.05) is 34.5 Å². The third-order valence-electron chi connectivity index (χ3n) is 5.82. The fraction of sp³-hybridized carbons (Fsp3) is 0.375. The number of piperidine rings is 1. The summed E-state index contributed by atoms with van der Waals surface area (Å²) in [6.07, 6.45) is 4.64. The van der Waals surface area contributed by atoms with Crippen LogP contribution in [-0.2, 0) is 13.0 Å². The highest BCUT2D eigenvalue weighted by Gasteiger charge is 2.16. The molecule has 1 aliphatic heterocycles. The van der Waals surface area contributed by atoms with Gasteiger partial charge in [0.05, 0.1) is 6.54 Å². The molecule has 6 nitrogen and oxygen atoms in total. The van der Waals surface area contributed by atoms with Crippen LogP contribution in [0.3, 0.4) is 0 Å². The second-order valence-corrected chi connectivity index (χ2v) is 9.11. The van der Waals surface area contributed by atoms with E-state index in [-0.39, 0.29) is 0 Å². The number of hydrogen-bond acceptors (Lipinski definition) is 5. The van der Waals surface area contributed by atoms with Gasteiger partial charge in [0.25, 0.3) is 0 Å². The Morgan fingerprint density at radius 3 is 2.58 bits per heavy atom. The molecule has 0 saturated carbocycles. The van der Waals surface area contributed by atoms with E-state index in [1.54, 1.807) is 0 Å². The van der Waals surface area contributed by atoms with Crippen molar-refractivity contribution in [2.75, 3.05) is 19.6 Å². The molecule has 0 bridgehead atoms. The minimum Gasteiger partial charge on any atom is -0.441 e. The summed E-state index contributed by atoms with van der Waals surface area (Å²) in [6.45, 7) is 6.06. The summed E-state index contributed by atoms with van der Waals surface area (Å²) < 4.78 is 8.90. The van der Waals surface area contributed by atoms with Gasteiger partial charge in [-0.15, -0.1) is 0 Å². The van der Waals surface area contributed by atoms with Crippen LogP contribution in [0.1, 0.15) is 36.5 Å². The van der Waals surface area contributed by atoms with Crippen molar-refractivity contribution in [1.82, 2.24) is 24.6 Å². The van der Waals surface area contributed by atoms with Gasteiger partial charge in [-0.05, 0) is 61.8 Å². The molecule has 2 aromatic heterocycles. The van der Waals surface area contributed by atoms with Crippen LogP contribution in [0.4, 0.5) is 0 Å². The highest BCUT2D eigenvalue weighted by atomic mass is 79.9. The maximum atomic E-state index is 5.76. The van der Waals surface area contributed by atoms with E-state index in [1.807, 2.05) is 19.1 Å². The Kier molecular flexibility index (Phi) is 5.87. The minimum absolute atomic E-state index is 0.676. The number of fused-ring (bicyclic) bond motifs is 1. The molecule has 0 N–H and O–H groups in total. The van der Waals surface area contributed by atoms with Crippen LogP contribution in [0.25, 0.3) is 22.5 Å². The number of halogens is 1. The summed E-state index contributed by atoms with van der Waals surface area (Å²) in [6, 6.07) is 14.4. The van der Waals surface area contributed by atoms with Crippen LogP contribution < -0.4 is 0 Å². The zero-order chi connectivity index (χ0) is 21.2. The lowest BCUT2D eigenvalue weighted by Gasteiger charge is -2.26. The molecule has 0 unspecified atom stereocenters. The molecule has 0 radical (unpaired) electrons. The van der Waals surface area contributed by atoms with Crippen molar-refractivity contribution in [3.05, 3.63) is 64.2 Å². The third kappa shape index (κ3) is 4.72. The van der Waals surface area contributed by atoms with Gasteiger partial charge in [0, 0.05) is 29.9 Å². The Morgan fingerprint density at radius 1 is 0.968 bits per heavy atom. The molecular weight excluding hydrogens is 454 g/mol. The molecule has 1 saturated heterocycles. The van der Waals surface area contributed by atoms with E-state index in [0.717, 1.165) is 45.9 Å². The zero-order valence-electron chi connectivity index (χ0n) is 17.7. The molecule has 1 aliphatic rings. The first kappa shape index (κ1) is 20.4. The molecule has 3 heterocycles. The number of hydrogen-bond donors (Lipinski definition) is 0. The van der Waals surface area contributed by atoms with Gasteiger partial charge in [0.15, 0.2) is 23.1 Å². The van der Waals surface area contributed by atoms with E-state index in [2.05, 4.69) is 60.8 Å². The summed E-state index contributed by atoms with van der Waals surface area (Å²) in [5, 5.41) is 4.89. The van der Waals surface area contributed by atoms with Gasteiger partial charge in [-0.25, -0.2) is 14.6 Å². The second kappa shape index (κ2) is 8.93. The van der Waals surface area contributed by atoms with Crippen LogP contribution in [0, 0.1) is 6.92 Å². The van der Waals surface area contributed by atoms with E-state index >= 15 is 0 Å². The molecule has 0 spiro atoms. The van der Waals surface area contributed by atoms with E-state index < -0.39 is 0 Å². The molecule has 31 heavy (non-hydrogen) atoms. The van der Waals surface area contributed by atoms with Crippen molar-refractivity contribution in [1.29, 1.82) is 0 Å². The fourth-order valence-corrected chi connectivity index (χ4v) is 4.48. The van der Waals surface area contributed by atoms with Crippen LogP contribution >= 0.6 is 15.9 Å². The molecule has 7 heteroatoms. The predicted molar refractivity (Wildman–Crippen MR) is 125 cm³/mol. The van der Waals surface area contributed by atoms with Gasteiger partial charge < -0.3 is 9.32 Å². The lowest BCUT2D eigenvalue weighted by Crippen LogP contribution is -2.32. The quantitative estimate of drug-likeness (QED) is 0.378. The smallest absolute Gasteiger partial charge is 0.192 e. The largest absolute Gasteiger partial charge is 0.441 e. The Bertz CT molecular complexity index is 1170. The van der Waals surface area contributed by atoms with Gasteiger partial charge in [0.1, 0.15) is 5.52 Å². The standard InChI is InChI=1S/C24H26BrN5O/c1-17-26-21-10-7-19(16-22(21)31-17)24-27-23(15-18-5-8-20(25)9-6-18)28-30(24)14-13-29-11-3-2-4-12-29/h5-10,16H,2-4,11-15H2,1H3. The maximum absolute atomic E-state index is 5.76. The zero-order valence-corrected chi connectivity index (χ0v) is 19.3. The molecule has 4 aromatic rings. The summed E-state index contributed by atoms with van der Waals surface area (Å²) in [4.78, 5) is 11.9. The summed E-state index contributed by atoms with van der Waals surface area (Å²) in [5.74, 6) is 2.40.